The second-order valence-corrected chi connectivity index (χ2v) is 2.18. The number of aromatic amines is 1. The van der Waals surface area contributed by atoms with Crippen LogP contribution in [-0.2, 0) is 4.74 Å². The predicted molar refractivity (Wildman–Crippen MR) is 42.6 cm³/mol. The van der Waals surface area contributed by atoms with Crippen molar-refractivity contribution in [1.29, 1.82) is 0 Å². The first kappa shape index (κ1) is 9.46. The molecule has 0 aliphatic heterocycles. The van der Waals surface area contributed by atoms with Crippen LogP contribution in [0, 0.1) is 10.1 Å². The van der Waals surface area contributed by atoms with Crippen molar-refractivity contribution in [2.75, 3.05) is 20.3 Å². The van der Waals surface area contributed by atoms with Crippen LogP contribution >= 0.6 is 0 Å². The summed E-state index contributed by atoms with van der Waals surface area (Å²) in [7, 11) is 1.52. The van der Waals surface area contributed by atoms with Gasteiger partial charge in [0.1, 0.15) is 12.8 Å². The normalized spacial score (nSPS) is 9.92. The molecular weight excluding hydrogens is 178 g/mol. The van der Waals surface area contributed by atoms with Crippen molar-refractivity contribution in [2.45, 2.75) is 0 Å². The molecule has 0 amide bonds. The van der Waals surface area contributed by atoms with Crippen molar-refractivity contribution in [3.63, 3.8) is 0 Å². The molecule has 1 heterocycles. The number of hydrogen-bond donors (Lipinski definition) is 1. The molecule has 0 atom stereocenters. The van der Waals surface area contributed by atoms with Gasteiger partial charge in [-0.15, -0.1) is 0 Å². The van der Waals surface area contributed by atoms with Gasteiger partial charge in [0, 0.05) is 7.11 Å². The zero-order chi connectivity index (χ0) is 9.68. The standard InChI is InChI=1S/C6H9N3O4/c1-12-2-3-13-6-5(9(10)11)4-7-8-6/h4H,2-3H2,1H3,(H,7,8). The average Bonchev–Trinajstić information content (AvgIpc) is 2.53. The number of nitrogens with one attached hydrogen (secondary N) is 1. The molecule has 1 aromatic heterocycles. The molecular formula is C6H9N3O4. The van der Waals surface area contributed by atoms with Crippen LogP contribution in [0.1, 0.15) is 0 Å². The van der Waals surface area contributed by atoms with Gasteiger partial charge in [-0.2, -0.15) is 5.10 Å². The zero-order valence-electron chi connectivity index (χ0n) is 7.02. The maximum absolute atomic E-state index is 10.3. The van der Waals surface area contributed by atoms with E-state index < -0.39 is 4.92 Å². The molecule has 0 saturated heterocycles. The molecule has 0 aliphatic rings. The lowest BCUT2D eigenvalue weighted by molar-refractivity contribution is -0.385. The third kappa shape index (κ3) is 2.41. The summed E-state index contributed by atoms with van der Waals surface area (Å²) in [6, 6.07) is 0. The minimum atomic E-state index is -0.564. The SMILES string of the molecule is COCCOc1[nH]ncc1[N+](=O)[O-]. The quantitative estimate of drug-likeness (QED) is 0.408. The summed E-state index contributed by atoms with van der Waals surface area (Å²) in [4.78, 5) is 9.79. The molecule has 7 nitrogen and oxygen atoms in total. The summed E-state index contributed by atoms with van der Waals surface area (Å²) in [6.07, 6.45) is 1.10. The Labute approximate surface area is 73.8 Å². The number of ether oxygens (including phenoxy) is 2. The van der Waals surface area contributed by atoms with E-state index in [1.54, 1.807) is 0 Å². The van der Waals surface area contributed by atoms with E-state index in [9.17, 15) is 10.1 Å². The van der Waals surface area contributed by atoms with Gasteiger partial charge in [0.25, 0.3) is 5.88 Å². The van der Waals surface area contributed by atoms with Crippen molar-refractivity contribution in [2.24, 2.45) is 0 Å². The third-order valence-corrected chi connectivity index (χ3v) is 1.32. The summed E-state index contributed by atoms with van der Waals surface area (Å²) in [5.74, 6) is 0.0575. The Balaban J connectivity index is 2.55. The lowest BCUT2D eigenvalue weighted by Crippen LogP contribution is -2.05. The topological polar surface area (TPSA) is 90.3 Å². The number of methoxy groups -OCH3 is 1. The van der Waals surface area contributed by atoms with Crippen LogP contribution in [0.15, 0.2) is 6.20 Å². The summed E-state index contributed by atoms with van der Waals surface area (Å²) in [5.41, 5.74) is -0.170. The first-order valence-electron chi connectivity index (χ1n) is 3.55. The Bertz CT molecular complexity index is 285. The van der Waals surface area contributed by atoms with Crippen LogP contribution in [0.4, 0.5) is 5.69 Å². The molecule has 0 bridgehead atoms. The van der Waals surface area contributed by atoms with E-state index >= 15 is 0 Å². The molecule has 7 heteroatoms. The molecule has 0 saturated carbocycles. The Kier molecular flexibility index (Phi) is 3.21. The van der Waals surface area contributed by atoms with Crippen LogP contribution in [0.25, 0.3) is 0 Å². The van der Waals surface area contributed by atoms with E-state index in [4.69, 9.17) is 9.47 Å². The summed E-state index contributed by atoms with van der Waals surface area (Å²) >= 11 is 0. The molecule has 0 fully saturated rings. The number of aromatic nitrogens is 2. The highest BCUT2D eigenvalue weighted by atomic mass is 16.6. The fraction of sp³-hybridized carbons (Fsp3) is 0.500. The Hall–Kier alpha value is -1.63. The Morgan fingerprint density at radius 3 is 3.08 bits per heavy atom. The largest absolute Gasteiger partial charge is 0.471 e. The average molecular weight is 187 g/mol. The lowest BCUT2D eigenvalue weighted by Gasteiger charge is -2.00. The van der Waals surface area contributed by atoms with E-state index in [1.807, 2.05) is 0 Å². The number of hydrogen-bond acceptors (Lipinski definition) is 5. The number of nitrogens with zero attached hydrogens (tertiary/aromatic N) is 2. The highest BCUT2D eigenvalue weighted by Crippen LogP contribution is 2.21. The molecule has 1 N–H and O–H groups in total. The lowest BCUT2D eigenvalue weighted by atomic mass is 10.6. The smallest absolute Gasteiger partial charge is 0.350 e. The molecule has 13 heavy (non-hydrogen) atoms. The minimum absolute atomic E-state index is 0.0575. The summed E-state index contributed by atoms with van der Waals surface area (Å²) < 4.78 is 9.71. The second kappa shape index (κ2) is 4.41. The fourth-order valence-corrected chi connectivity index (χ4v) is 0.731. The Morgan fingerprint density at radius 2 is 2.46 bits per heavy atom. The molecule has 0 aromatic carbocycles. The number of H-pyrrole nitrogens is 1. The molecule has 0 unspecified atom stereocenters. The van der Waals surface area contributed by atoms with Crippen LogP contribution < -0.4 is 4.74 Å². The van der Waals surface area contributed by atoms with Gasteiger partial charge in [-0.25, -0.2) is 5.10 Å². The summed E-state index contributed by atoms with van der Waals surface area (Å²) in [5, 5.41) is 16.2. The molecule has 0 spiro atoms. The first-order chi connectivity index (χ1) is 6.25. The van der Waals surface area contributed by atoms with E-state index in [-0.39, 0.29) is 18.2 Å². The van der Waals surface area contributed by atoms with E-state index in [0.29, 0.717) is 6.61 Å². The Morgan fingerprint density at radius 1 is 1.69 bits per heavy atom. The molecule has 0 aliphatic carbocycles. The van der Waals surface area contributed by atoms with E-state index in [0.717, 1.165) is 6.20 Å². The third-order valence-electron chi connectivity index (χ3n) is 1.32. The highest BCUT2D eigenvalue weighted by Gasteiger charge is 2.16. The van der Waals surface area contributed by atoms with Crippen LogP contribution in [0.5, 0.6) is 5.88 Å². The van der Waals surface area contributed by atoms with Gasteiger partial charge in [0.2, 0.25) is 0 Å². The van der Waals surface area contributed by atoms with E-state index in [1.165, 1.54) is 7.11 Å². The second-order valence-electron chi connectivity index (χ2n) is 2.18. The van der Waals surface area contributed by atoms with Gasteiger partial charge in [0.05, 0.1) is 11.5 Å². The summed E-state index contributed by atoms with van der Waals surface area (Å²) in [6.45, 7) is 0.621. The number of rotatable bonds is 5. The zero-order valence-corrected chi connectivity index (χ0v) is 7.02. The highest BCUT2D eigenvalue weighted by molar-refractivity contribution is 5.37. The molecule has 0 radical (unpaired) electrons. The van der Waals surface area contributed by atoms with Crippen molar-refractivity contribution in [3.05, 3.63) is 16.3 Å². The van der Waals surface area contributed by atoms with Crippen molar-refractivity contribution < 1.29 is 14.4 Å². The predicted octanol–water partition coefficient (Wildman–Crippen LogP) is 0.343. The maximum atomic E-state index is 10.3. The van der Waals surface area contributed by atoms with Crippen molar-refractivity contribution in [1.82, 2.24) is 10.2 Å². The maximum Gasteiger partial charge on any atom is 0.350 e. The van der Waals surface area contributed by atoms with Crippen molar-refractivity contribution >= 4 is 5.69 Å². The van der Waals surface area contributed by atoms with E-state index in [2.05, 4.69) is 10.2 Å². The van der Waals surface area contributed by atoms with Crippen LogP contribution in [-0.4, -0.2) is 35.4 Å². The molecule has 72 valence electrons. The van der Waals surface area contributed by atoms with Crippen molar-refractivity contribution in [3.8, 4) is 5.88 Å². The minimum Gasteiger partial charge on any atom is -0.471 e. The van der Waals surface area contributed by atoms with Gasteiger partial charge in [-0.1, -0.05) is 0 Å². The van der Waals surface area contributed by atoms with Gasteiger partial charge >= 0.3 is 5.69 Å². The number of nitro groups is 1. The molecule has 1 aromatic rings. The first-order valence-corrected chi connectivity index (χ1v) is 3.55. The van der Waals surface area contributed by atoms with Gasteiger partial charge in [0.15, 0.2) is 0 Å². The van der Waals surface area contributed by atoms with Gasteiger partial charge < -0.3 is 9.47 Å². The fourth-order valence-electron chi connectivity index (χ4n) is 0.731. The monoisotopic (exact) mass is 187 g/mol. The van der Waals surface area contributed by atoms with Crippen LogP contribution in [0.2, 0.25) is 0 Å². The van der Waals surface area contributed by atoms with Crippen LogP contribution in [0.3, 0.4) is 0 Å². The van der Waals surface area contributed by atoms with Gasteiger partial charge in [-0.3, -0.25) is 10.1 Å². The van der Waals surface area contributed by atoms with Gasteiger partial charge in [-0.05, 0) is 0 Å². The molecule has 1 rings (SSSR count).